The van der Waals surface area contributed by atoms with E-state index in [2.05, 4.69) is 5.32 Å². The van der Waals surface area contributed by atoms with Gasteiger partial charge >= 0.3 is 5.76 Å². The molecule has 0 saturated carbocycles. The molecule has 8 heteroatoms. The summed E-state index contributed by atoms with van der Waals surface area (Å²) in [7, 11) is -2.03. The van der Waals surface area contributed by atoms with Gasteiger partial charge in [-0.2, -0.15) is 0 Å². The van der Waals surface area contributed by atoms with Gasteiger partial charge in [-0.15, -0.1) is 0 Å². The predicted octanol–water partition coefficient (Wildman–Crippen LogP) is 3.36. The van der Waals surface area contributed by atoms with Gasteiger partial charge in [0.25, 0.3) is 5.91 Å². The van der Waals surface area contributed by atoms with E-state index >= 15 is 0 Å². The number of rotatable bonds is 5. The first-order valence-electron chi connectivity index (χ1n) is 9.11. The number of amides is 1. The zero-order valence-corrected chi connectivity index (χ0v) is 16.8. The van der Waals surface area contributed by atoms with E-state index in [0.717, 1.165) is 0 Å². The number of sulfone groups is 1. The first-order chi connectivity index (χ1) is 14.3. The Morgan fingerprint density at radius 1 is 1.00 bits per heavy atom. The van der Waals surface area contributed by atoms with Crippen LogP contribution >= 0.6 is 0 Å². The molecule has 7 nitrogen and oxygen atoms in total. The van der Waals surface area contributed by atoms with Gasteiger partial charge in [0.05, 0.1) is 16.2 Å². The van der Waals surface area contributed by atoms with Crippen LogP contribution in [0.25, 0.3) is 11.1 Å². The largest absolute Gasteiger partial charge is 0.419 e. The quantitative estimate of drug-likeness (QED) is 0.532. The van der Waals surface area contributed by atoms with Crippen LogP contribution in [-0.4, -0.2) is 18.9 Å². The Balaban J connectivity index is 1.58. The van der Waals surface area contributed by atoms with Crippen molar-refractivity contribution in [3.8, 4) is 0 Å². The summed E-state index contributed by atoms with van der Waals surface area (Å²) in [6, 6.07) is 19.6. The molecule has 0 fully saturated rings. The molecule has 4 rings (SSSR count). The number of oxazole rings is 1. The zero-order valence-electron chi connectivity index (χ0n) is 16.0. The van der Waals surface area contributed by atoms with Gasteiger partial charge in [0.1, 0.15) is 0 Å². The van der Waals surface area contributed by atoms with Crippen LogP contribution in [0.2, 0.25) is 0 Å². The smallest absolute Gasteiger partial charge is 0.408 e. The summed E-state index contributed by atoms with van der Waals surface area (Å²) in [5.74, 6) is -1.10. The van der Waals surface area contributed by atoms with E-state index in [9.17, 15) is 18.0 Å². The molecule has 0 radical (unpaired) electrons. The fourth-order valence-corrected chi connectivity index (χ4v) is 4.51. The van der Waals surface area contributed by atoms with Crippen LogP contribution in [0.4, 0.5) is 5.69 Å². The molecular formula is C22H18N2O5S. The summed E-state index contributed by atoms with van der Waals surface area (Å²) in [5, 5.41) is 2.72. The highest BCUT2D eigenvalue weighted by molar-refractivity contribution is 7.90. The Hall–Kier alpha value is -3.65. The second-order valence-electron chi connectivity index (χ2n) is 6.84. The lowest BCUT2D eigenvalue weighted by molar-refractivity contribution is 0.102. The molecule has 0 unspecified atom stereocenters. The minimum Gasteiger partial charge on any atom is -0.408 e. The van der Waals surface area contributed by atoms with E-state index in [0.29, 0.717) is 22.4 Å². The maximum Gasteiger partial charge on any atom is 0.419 e. The van der Waals surface area contributed by atoms with Gasteiger partial charge in [-0.05, 0) is 42.0 Å². The standard InChI is InChI=1S/C22H18N2O5S/c1-24-19-13-17(10-11-20(19)29-22(24)26)23-21(25)16-8-5-9-18(12-16)30(27,28)14-15-6-3-2-4-7-15/h2-13H,14H2,1H3,(H,23,25). The Bertz CT molecular complexity index is 1400. The van der Waals surface area contributed by atoms with Crippen molar-refractivity contribution in [2.75, 3.05) is 5.32 Å². The number of anilines is 1. The average molecular weight is 422 g/mol. The van der Waals surface area contributed by atoms with E-state index in [1.165, 1.54) is 22.8 Å². The molecule has 30 heavy (non-hydrogen) atoms. The van der Waals surface area contributed by atoms with Gasteiger partial charge < -0.3 is 9.73 Å². The number of fused-ring (bicyclic) bond motifs is 1. The summed E-state index contributed by atoms with van der Waals surface area (Å²) in [6.07, 6.45) is 0. The number of nitrogens with zero attached hydrogens (tertiary/aromatic N) is 1. The molecule has 0 atom stereocenters. The van der Waals surface area contributed by atoms with Crippen LogP contribution in [-0.2, 0) is 22.6 Å². The number of carbonyl (C=O) groups excluding carboxylic acids is 1. The monoisotopic (exact) mass is 422 g/mol. The minimum absolute atomic E-state index is 0.0756. The highest BCUT2D eigenvalue weighted by atomic mass is 32.2. The Labute approximate surface area is 172 Å². The third kappa shape index (κ3) is 3.90. The van der Waals surface area contributed by atoms with E-state index in [1.807, 2.05) is 6.07 Å². The molecule has 1 heterocycles. The molecule has 0 aliphatic heterocycles. The summed E-state index contributed by atoms with van der Waals surface area (Å²) in [6.45, 7) is 0. The van der Waals surface area contributed by atoms with Crippen molar-refractivity contribution < 1.29 is 17.6 Å². The second-order valence-corrected chi connectivity index (χ2v) is 8.83. The number of nitrogens with one attached hydrogen (secondary N) is 1. The lowest BCUT2D eigenvalue weighted by atomic mass is 10.2. The molecule has 152 valence electrons. The Kier molecular flexibility index (Phi) is 5.01. The molecule has 0 bridgehead atoms. The van der Waals surface area contributed by atoms with Crippen LogP contribution in [0.3, 0.4) is 0 Å². The first-order valence-corrected chi connectivity index (χ1v) is 10.8. The number of aromatic nitrogens is 1. The highest BCUT2D eigenvalue weighted by Gasteiger charge is 2.18. The number of aryl methyl sites for hydroxylation is 1. The number of benzene rings is 3. The van der Waals surface area contributed by atoms with Crippen molar-refractivity contribution in [2.45, 2.75) is 10.6 Å². The third-order valence-corrected chi connectivity index (χ3v) is 6.39. The van der Waals surface area contributed by atoms with Crippen LogP contribution in [0.1, 0.15) is 15.9 Å². The van der Waals surface area contributed by atoms with Crippen LogP contribution in [0.5, 0.6) is 0 Å². The van der Waals surface area contributed by atoms with Gasteiger partial charge in [-0.25, -0.2) is 13.2 Å². The van der Waals surface area contributed by atoms with Crippen molar-refractivity contribution >= 4 is 32.5 Å². The summed E-state index contributed by atoms with van der Waals surface area (Å²) in [5.41, 5.74) is 2.30. The summed E-state index contributed by atoms with van der Waals surface area (Å²) >= 11 is 0. The van der Waals surface area contributed by atoms with E-state index < -0.39 is 21.5 Å². The third-order valence-electron chi connectivity index (χ3n) is 4.70. The lowest BCUT2D eigenvalue weighted by Crippen LogP contribution is -2.13. The van der Waals surface area contributed by atoms with Crippen molar-refractivity contribution in [3.05, 3.63) is 94.5 Å². The van der Waals surface area contributed by atoms with Gasteiger partial charge in [-0.3, -0.25) is 9.36 Å². The van der Waals surface area contributed by atoms with Crippen molar-refractivity contribution in [2.24, 2.45) is 7.05 Å². The molecule has 4 aromatic rings. The van der Waals surface area contributed by atoms with Crippen molar-refractivity contribution in [1.29, 1.82) is 0 Å². The zero-order chi connectivity index (χ0) is 21.3. The average Bonchev–Trinajstić information content (AvgIpc) is 3.02. The summed E-state index contributed by atoms with van der Waals surface area (Å²) in [4.78, 5) is 24.4. The molecular weight excluding hydrogens is 404 g/mol. The van der Waals surface area contributed by atoms with Crippen LogP contribution in [0.15, 0.2) is 86.9 Å². The van der Waals surface area contributed by atoms with Gasteiger partial charge in [-0.1, -0.05) is 36.4 Å². The lowest BCUT2D eigenvalue weighted by Gasteiger charge is -2.08. The van der Waals surface area contributed by atoms with Crippen LogP contribution in [0, 0.1) is 0 Å². The molecule has 1 aromatic heterocycles. The maximum absolute atomic E-state index is 12.7. The SMILES string of the molecule is Cn1c(=O)oc2ccc(NC(=O)c3cccc(S(=O)(=O)Cc4ccccc4)c3)cc21. The topological polar surface area (TPSA) is 98.4 Å². The van der Waals surface area contributed by atoms with Gasteiger partial charge in [0.2, 0.25) is 0 Å². The normalized spacial score (nSPS) is 11.5. The van der Waals surface area contributed by atoms with E-state index in [-0.39, 0.29) is 16.2 Å². The molecule has 0 aliphatic rings. The molecule has 3 aromatic carbocycles. The predicted molar refractivity (Wildman–Crippen MR) is 113 cm³/mol. The van der Waals surface area contributed by atoms with Crippen molar-refractivity contribution in [1.82, 2.24) is 4.57 Å². The van der Waals surface area contributed by atoms with Crippen molar-refractivity contribution in [3.63, 3.8) is 0 Å². The van der Waals surface area contributed by atoms with Crippen LogP contribution < -0.4 is 11.1 Å². The second kappa shape index (κ2) is 7.64. The molecule has 0 saturated heterocycles. The molecule has 1 N–H and O–H groups in total. The number of hydrogen-bond donors (Lipinski definition) is 1. The number of carbonyl (C=O) groups is 1. The maximum atomic E-state index is 12.7. The number of hydrogen-bond acceptors (Lipinski definition) is 5. The molecule has 1 amide bonds. The van der Waals surface area contributed by atoms with Gasteiger partial charge in [0, 0.05) is 18.3 Å². The fraction of sp³-hybridized carbons (Fsp3) is 0.0909. The Morgan fingerprint density at radius 2 is 1.77 bits per heavy atom. The highest BCUT2D eigenvalue weighted by Crippen LogP contribution is 2.21. The fourth-order valence-electron chi connectivity index (χ4n) is 3.12. The Morgan fingerprint density at radius 3 is 2.53 bits per heavy atom. The molecule has 0 aliphatic carbocycles. The molecule has 0 spiro atoms. The minimum atomic E-state index is -3.60. The van der Waals surface area contributed by atoms with E-state index in [1.54, 1.807) is 55.6 Å². The van der Waals surface area contributed by atoms with E-state index in [4.69, 9.17) is 4.42 Å². The summed E-state index contributed by atoms with van der Waals surface area (Å²) < 4.78 is 31.9. The first kappa shape index (κ1) is 19.7. The van der Waals surface area contributed by atoms with Gasteiger partial charge in [0.15, 0.2) is 15.4 Å².